The number of nitrogens with zero attached hydrogens (tertiary/aromatic N) is 5. The minimum atomic E-state index is -0.284. The molecule has 0 radical (unpaired) electrons. The number of nitrogens with one attached hydrogen (secondary N) is 1. The van der Waals surface area contributed by atoms with E-state index in [1.165, 1.54) is 10.9 Å². The van der Waals surface area contributed by atoms with Crippen LogP contribution in [0.2, 0.25) is 0 Å². The van der Waals surface area contributed by atoms with Gasteiger partial charge in [-0.15, -0.1) is 0 Å². The molecule has 3 heterocycles. The lowest BCUT2D eigenvalue weighted by atomic mass is 10.2. The molecule has 0 aliphatic rings. The number of hydrogen-bond acceptors (Lipinski definition) is 6. The molecule has 2 aromatic carbocycles. The summed E-state index contributed by atoms with van der Waals surface area (Å²) in [5.41, 5.74) is 2.23. The molecule has 0 saturated heterocycles. The summed E-state index contributed by atoms with van der Waals surface area (Å²) in [6.45, 7) is 3.88. The summed E-state index contributed by atoms with van der Waals surface area (Å²) in [5, 5.41) is 7.71. The molecule has 0 spiro atoms. The van der Waals surface area contributed by atoms with Gasteiger partial charge in [-0.1, -0.05) is 53.7 Å². The van der Waals surface area contributed by atoms with E-state index in [1.54, 1.807) is 4.57 Å². The van der Waals surface area contributed by atoms with Crippen molar-refractivity contribution in [3.63, 3.8) is 0 Å². The van der Waals surface area contributed by atoms with Gasteiger partial charge < -0.3 is 14.4 Å². The molecule has 33 heavy (non-hydrogen) atoms. The zero-order chi connectivity index (χ0) is 22.9. The van der Waals surface area contributed by atoms with Crippen LogP contribution in [0.1, 0.15) is 19.7 Å². The van der Waals surface area contributed by atoms with Crippen molar-refractivity contribution in [2.75, 3.05) is 0 Å². The number of amides is 1. The van der Waals surface area contributed by atoms with Gasteiger partial charge in [0.15, 0.2) is 0 Å². The average molecular weight is 442 g/mol. The molecular formula is C24H22N6O3. The summed E-state index contributed by atoms with van der Waals surface area (Å²) < 4.78 is 8.50. The molecule has 0 aliphatic heterocycles. The van der Waals surface area contributed by atoms with E-state index in [9.17, 15) is 9.59 Å². The Kier molecular flexibility index (Phi) is 5.21. The maximum Gasteiger partial charge on any atom is 0.278 e. The highest BCUT2D eigenvalue weighted by Gasteiger charge is 2.19. The Morgan fingerprint density at radius 1 is 1.09 bits per heavy atom. The summed E-state index contributed by atoms with van der Waals surface area (Å²) in [5.74, 6) is 0.566. The second kappa shape index (κ2) is 8.34. The topological polar surface area (TPSA) is 108 Å². The zero-order valence-corrected chi connectivity index (χ0v) is 18.2. The van der Waals surface area contributed by atoms with E-state index >= 15 is 0 Å². The van der Waals surface area contributed by atoms with Crippen molar-refractivity contribution in [2.45, 2.75) is 33.0 Å². The van der Waals surface area contributed by atoms with Crippen molar-refractivity contribution >= 4 is 27.8 Å². The van der Waals surface area contributed by atoms with Crippen molar-refractivity contribution in [2.24, 2.45) is 0 Å². The molecule has 0 saturated carbocycles. The third-order valence-corrected chi connectivity index (χ3v) is 5.29. The normalized spacial score (nSPS) is 11.5. The first-order valence-corrected chi connectivity index (χ1v) is 10.6. The predicted octanol–water partition coefficient (Wildman–Crippen LogP) is 2.97. The SMILES string of the molecule is CC(C)NC(=O)Cn1c2ccccc2c2ncn(Cc3nc(-c4ccccc4)no3)c(=O)c21. The molecule has 5 rings (SSSR count). The summed E-state index contributed by atoms with van der Waals surface area (Å²) in [6.07, 6.45) is 1.47. The van der Waals surface area contributed by atoms with Gasteiger partial charge in [-0.05, 0) is 19.9 Å². The number of carbonyl (C=O) groups is 1. The maximum atomic E-state index is 13.5. The molecule has 1 amide bonds. The van der Waals surface area contributed by atoms with Crippen molar-refractivity contribution in [3.8, 4) is 11.4 Å². The van der Waals surface area contributed by atoms with Crippen molar-refractivity contribution in [3.05, 3.63) is 77.2 Å². The van der Waals surface area contributed by atoms with Gasteiger partial charge in [0.25, 0.3) is 5.56 Å². The quantitative estimate of drug-likeness (QED) is 0.433. The van der Waals surface area contributed by atoms with E-state index in [0.29, 0.717) is 16.9 Å². The Balaban J connectivity index is 1.56. The van der Waals surface area contributed by atoms with Crippen LogP contribution in [0.5, 0.6) is 0 Å². The van der Waals surface area contributed by atoms with Crippen LogP contribution < -0.4 is 10.9 Å². The van der Waals surface area contributed by atoms with Gasteiger partial charge in [-0.2, -0.15) is 4.98 Å². The molecule has 9 nitrogen and oxygen atoms in total. The molecular weight excluding hydrogens is 420 g/mol. The minimum absolute atomic E-state index is 0.00305. The van der Waals surface area contributed by atoms with E-state index in [4.69, 9.17) is 4.52 Å². The van der Waals surface area contributed by atoms with Crippen LogP contribution in [-0.2, 0) is 17.9 Å². The first-order chi connectivity index (χ1) is 16.0. The Bertz CT molecular complexity index is 1510. The number of aromatic nitrogens is 5. The van der Waals surface area contributed by atoms with Gasteiger partial charge >= 0.3 is 0 Å². The van der Waals surface area contributed by atoms with Crippen LogP contribution in [0.15, 0.2) is 70.2 Å². The highest BCUT2D eigenvalue weighted by molar-refractivity contribution is 6.06. The van der Waals surface area contributed by atoms with Crippen LogP contribution in [0.3, 0.4) is 0 Å². The highest BCUT2D eigenvalue weighted by atomic mass is 16.5. The van der Waals surface area contributed by atoms with Crippen LogP contribution in [0.4, 0.5) is 0 Å². The molecule has 0 fully saturated rings. The summed E-state index contributed by atoms with van der Waals surface area (Å²) in [7, 11) is 0. The molecule has 9 heteroatoms. The van der Waals surface area contributed by atoms with Crippen molar-refractivity contribution < 1.29 is 9.32 Å². The number of para-hydroxylation sites is 1. The molecule has 0 atom stereocenters. The fraction of sp³-hybridized carbons (Fsp3) is 0.208. The predicted molar refractivity (Wildman–Crippen MR) is 124 cm³/mol. The monoisotopic (exact) mass is 442 g/mol. The number of hydrogen-bond donors (Lipinski definition) is 1. The fourth-order valence-electron chi connectivity index (χ4n) is 3.91. The average Bonchev–Trinajstić information content (AvgIpc) is 3.39. The molecule has 1 N–H and O–H groups in total. The minimum Gasteiger partial charge on any atom is -0.352 e. The van der Waals surface area contributed by atoms with E-state index in [0.717, 1.165) is 16.5 Å². The summed E-state index contributed by atoms with van der Waals surface area (Å²) in [4.78, 5) is 35.0. The number of benzene rings is 2. The largest absolute Gasteiger partial charge is 0.352 e. The second-order valence-corrected chi connectivity index (χ2v) is 8.08. The second-order valence-electron chi connectivity index (χ2n) is 8.08. The smallest absolute Gasteiger partial charge is 0.278 e. The van der Waals surface area contributed by atoms with E-state index < -0.39 is 0 Å². The van der Waals surface area contributed by atoms with Crippen molar-refractivity contribution in [1.29, 1.82) is 0 Å². The van der Waals surface area contributed by atoms with Gasteiger partial charge in [-0.25, -0.2) is 4.98 Å². The van der Waals surface area contributed by atoms with Gasteiger partial charge in [0.2, 0.25) is 17.6 Å². The summed E-state index contributed by atoms with van der Waals surface area (Å²) in [6, 6.07) is 17.0. The lowest BCUT2D eigenvalue weighted by Gasteiger charge is -2.11. The van der Waals surface area contributed by atoms with Gasteiger partial charge in [0, 0.05) is 17.0 Å². The van der Waals surface area contributed by atoms with Crippen LogP contribution in [0.25, 0.3) is 33.3 Å². The Labute approximate surface area is 188 Å². The Morgan fingerprint density at radius 3 is 2.64 bits per heavy atom. The van der Waals surface area contributed by atoms with E-state index in [-0.39, 0.29) is 36.5 Å². The molecule has 0 unspecified atom stereocenters. The standard InChI is InChI=1S/C24H22N6O3/c1-15(2)26-19(31)12-30-18-11-7-6-10-17(18)21-22(30)24(32)29(14-25-21)13-20-27-23(28-33-20)16-8-4-3-5-9-16/h3-11,14-15H,12-13H2,1-2H3,(H,26,31). The maximum absolute atomic E-state index is 13.5. The van der Waals surface area contributed by atoms with Gasteiger partial charge in [-0.3, -0.25) is 14.2 Å². The zero-order valence-electron chi connectivity index (χ0n) is 18.2. The Hall–Kier alpha value is -4.27. The van der Waals surface area contributed by atoms with Crippen molar-refractivity contribution in [1.82, 2.24) is 29.6 Å². The first-order valence-electron chi connectivity index (χ1n) is 10.6. The Morgan fingerprint density at radius 2 is 1.85 bits per heavy atom. The third kappa shape index (κ3) is 3.89. The number of rotatable bonds is 6. The first kappa shape index (κ1) is 20.6. The number of carbonyl (C=O) groups excluding carboxylic acids is 1. The summed E-state index contributed by atoms with van der Waals surface area (Å²) >= 11 is 0. The molecule has 166 valence electrons. The van der Waals surface area contributed by atoms with Crippen LogP contribution in [0, 0.1) is 0 Å². The van der Waals surface area contributed by atoms with Crippen LogP contribution in [-0.4, -0.2) is 36.2 Å². The highest BCUT2D eigenvalue weighted by Crippen LogP contribution is 2.25. The van der Waals surface area contributed by atoms with Crippen LogP contribution >= 0.6 is 0 Å². The number of fused-ring (bicyclic) bond motifs is 3. The fourth-order valence-corrected chi connectivity index (χ4v) is 3.91. The van der Waals surface area contributed by atoms with Gasteiger partial charge in [0.05, 0.1) is 11.8 Å². The third-order valence-electron chi connectivity index (χ3n) is 5.29. The molecule has 0 aliphatic carbocycles. The molecule has 3 aromatic heterocycles. The van der Waals surface area contributed by atoms with Gasteiger partial charge in [0.1, 0.15) is 24.1 Å². The molecule has 5 aromatic rings. The lowest BCUT2D eigenvalue weighted by molar-refractivity contribution is -0.122. The van der Waals surface area contributed by atoms with E-state index in [2.05, 4.69) is 20.4 Å². The lowest BCUT2D eigenvalue weighted by Crippen LogP contribution is -2.34. The molecule has 0 bridgehead atoms. The van der Waals surface area contributed by atoms with E-state index in [1.807, 2.05) is 68.4 Å².